The number of rotatable bonds is 5. The van der Waals surface area contributed by atoms with E-state index in [0.29, 0.717) is 12.5 Å². The summed E-state index contributed by atoms with van der Waals surface area (Å²) >= 11 is 5.61. The minimum absolute atomic E-state index is 0.592. The Balaban J connectivity index is 1.58. The number of hydrogen-bond donors (Lipinski definition) is 0. The predicted molar refractivity (Wildman–Crippen MR) is 92.3 cm³/mol. The van der Waals surface area contributed by atoms with E-state index in [1.165, 1.54) is 3.57 Å². The van der Waals surface area contributed by atoms with E-state index >= 15 is 0 Å². The molecule has 21 heavy (non-hydrogen) atoms. The lowest BCUT2D eigenvalue weighted by Gasteiger charge is -2.06. The Morgan fingerprint density at radius 2 is 2.14 bits per heavy atom. The van der Waals surface area contributed by atoms with Gasteiger partial charge in [0, 0.05) is 22.6 Å². The van der Waals surface area contributed by atoms with E-state index in [-0.39, 0.29) is 0 Å². The summed E-state index contributed by atoms with van der Waals surface area (Å²) in [6, 6.07) is 11.7. The number of aromatic nitrogens is 4. The van der Waals surface area contributed by atoms with Crippen LogP contribution in [0.2, 0.25) is 0 Å². The molecule has 0 atom stereocenters. The van der Waals surface area contributed by atoms with E-state index in [9.17, 15) is 0 Å². The highest BCUT2D eigenvalue weighted by molar-refractivity contribution is 14.1. The fourth-order valence-electron chi connectivity index (χ4n) is 1.96. The van der Waals surface area contributed by atoms with Crippen molar-refractivity contribution in [1.29, 1.82) is 0 Å². The first-order chi connectivity index (χ1) is 10.2. The molecule has 0 aliphatic rings. The Kier molecular flexibility index (Phi) is 4.69. The quantitative estimate of drug-likeness (QED) is 0.332. The lowest BCUT2D eigenvalue weighted by molar-refractivity contribution is 0.288. The van der Waals surface area contributed by atoms with Crippen LogP contribution in [0.4, 0.5) is 0 Å². The molecule has 3 aromatic rings. The molecule has 0 aliphatic carbocycles. The SMILES string of the molecule is Brc1cccc(OCCCn2nnc3ccc(I)cc32)n1. The zero-order valence-electron chi connectivity index (χ0n) is 11.0. The Labute approximate surface area is 144 Å². The normalized spacial score (nSPS) is 11.0. The number of hydrogen-bond acceptors (Lipinski definition) is 4. The fraction of sp³-hybridized carbons (Fsp3) is 0.214. The first-order valence-electron chi connectivity index (χ1n) is 6.46. The van der Waals surface area contributed by atoms with Gasteiger partial charge in [0.25, 0.3) is 0 Å². The van der Waals surface area contributed by atoms with E-state index in [1.807, 2.05) is 35.0 Å². The largest absolute Gasteiger partial charge is 0.478 e. The molecule has 0 N–H and O–H groups in total. The summed E-state index contributed by atoms with van der Waals surface area (Å²) in [6.45, 7) is 1.36. The van der Waals surface area contributed by atoms with Gasteiger partial charge in [0.1, 0.15) is 10.1 Å². The van der Waals surface area contributed by atoms with Crippen molar-refractivity contribution in [1.82, 2.24) is 20.0 Å². The van der Waals surface area contributed by atoms with Crippen molar-refractivity contribution < 1.29 is 4.74 Å². The second kappa shape index (κ2) is 6.69. The maximum Gasteiger partial charge on any atom is 0.214 e. The van der Waals surface area contributed by atoms with Gasteiger partial charge >= 0.3 is 0 Å². The van der Waals surface area contributed by atoms with Gasteiger partial charge in [-0.25, -0.2) is 9.67 Å². The molecule has 0 fully saturated rings. The molecule has 2 heterocycles. The first kappa shape index (κ1) is 14.7. The minimum atomic E-state index is 0.592. The third kappa shape index (κ3) is 3.70. The van der Waals surface area contributed by atoms with E-state index in [0.717, 1.165) is 28.6 Å². The second-order valence-electron chi connectivity index (χ2n) is 4.45. The topological polar surface area (TPSA) is 52.8 Å². The van der Waals surface area contributed by atoms with Crippen LogP contribution in [0.15, 0.2) is 41.0 Å². The van der Waals surface area contributed by atoms with Crippen molar-refractivity contribution in [2.45, 2.75) is 13.0 Å². The van der Waals surface area contributed by atoms with Gasteiger partial charge in [-0.3, -0.25) is 0 Å². The summed E-state index contributed by atoms with van der Waals surface area (Å²) in [5.74, 6) is 0.627. The number of halogens is 2. The molecule has 0 saturated carbocycles. The highest BCUT2D eigenvalue weighted by Gasteiger charge is 2.05. The van der Waals surface area contributed by atoms with Crippen LogP contribution in [0.25, 0.3) is 11.0 Å². The van der Waals surface area contributed by atoms with Gasteiger partial charge in [-0.2, -0.15) is 0 Å². The van der Waals surface area contributed by atoms with Crippen LogP contribution >= 0.6 is 38.5 Å². The summed E-state index contributed by atoms with van der Waals surface area (Å²) in [4.78, 5) is 4.23. The predicted octanol–water partition coefficient (Wildman–Crippen LogP) is 3.66. The molecule has 0 unspecified atom stereocenters. The van der Waals surface area contributed by atoms with E-state index < -0.39 is 0 Å². The molecule has 3 rings (SSSR count). The van der Waals surface area contributed by atoms with Crippen LogP contribution in [0.5, 0.6) is 5.88 Å². The molecule has 0 amide bonds. The average Bonchev–Trinajstić information content (AvgIpc) is 2.86. The second-order valence-corrected chi connectivity index (χ2v) is 6.50. The minimum Gasteiger partial charge on any atom is -0.478 e. The Morgan fingerprint density at radius 1 is 1.24 bits per heavy atom. The van der Waals surface area contributed by atoms with Gasteiger partial charge in [0.2, 0.25) is 5.88 Å². The number of pyridine rings is 1. The van der Waals surface area contributed by atoms with Gasteiger partial charge in [-0.05, 0) is 62.8 Å². The van der Waals surface area contributed by atoms with Gasteiger partial charge < -0.3 is 4.74 Å². The van der Waals surface area contributed by atoms with Crippen LogP contribution in [0.1, 0.15) is 6.42 Å². The number of aryl methyl sites for hydroxylation is 1. The Hall–Kier alpha value is -1.22. The number of nitrogens with zero attached hydrogens (tertiary/aromatic N) is 4. The molecular weight excluding hydrogens is 447 g/mol. The van der Waals surface area contributed by atoms with Crippen LogP contribution in [-0.4, -0.2) is 26.6 Å². The van der Waals surface area contributed by atoms with Gasteiger partial charge in [0.15, 0.2) is 0 Å². The number of ether oxygens (including phenoxy) is 1. The summed E-state index contributed by atoms with van der Waals surface area (Å²) in [6.07, 6.45) is 0.845. The highest BCUT2D eigenvalue weighted by atomic mass is 127. The van der Waals surface area contributed by atoms with Crippen molar-refractivity contribution >= 4 is 49.6 Å². The summed E-state index contributed by atoms with van der Waals surface area (Å²) < 4.78 is 9.48. The van der Waals surface area contributed by atoms with Crippen LogP contribution in [0, 0.1) is 3.57 Å². The maximum absolute atomic E-state index is 5.62. The Bertz CT molecular complexity index is 762. The monoisotopic (exact) mass is 458 g/mol. The molecule has 5 nitrogen and oxygen atoms in total. The molecule has 108 valence electrons. The van der Waals surface area contributed by atoms with E-state index in [2.05, 4.69) is 59.9 Å². The van der Waals surface area contributed by atoms with Crippen LogP contribution in [0.3, 0.4) is 0 Å². The molecule has 1 aromatic carbocycles. The third-order valence-corrected chi connectivity index (χ3v) is 4.04. The van der Waals surface area contributed by atoms with Crippen molar-refractivity contribution in [3.05, 3.63) is 44.6 Å². The van der Waals surface area contributed by atoms with Crippen molar-refractivity contribution in [2.75, 3.05) is 6.61 Å². The van der Waals surface area contributed by atoms with Crippen molar-refractivity contribution in [3.8, 4) is 5.88 Å². The lowest BCUT2D eigenvalue weighted by atomic mass is 10.3. The zero-order chi connectivity index (χ0) is 14.7. The molecule has 2 aromatic heterocycles. The van der Waals surface area contributed by atoms with Crippen molar-refractivity contribution in [3.63, 3.8) is 0 Å². The van der Waals surface area contributed by atoms with Gasteiger partial charge in [0.05, 0.1) is 12.1 Å². The smallest absolute Gasteiger partial charge is 0.214 e. The summed E-state index contributed by atoms with van der Waals surface area (Å²) in [5.41, 5.74) is 1.98. The van der Waals surface area contributed by atoms with E-state index in [4.69, 9.17) is 4.74 Å². The molecule has 0 spiro atoms. The average molecular weight is 459 g/mol. The molecule has 0 radical (unpaired) electrons. The number of benzene rings is 1. The summed E-state index contributed by atoms with van der Waals surface area (Å²) in [5, 5.41) is 8.34. The molecule has 0 saturated heterocycles. The molecule has 0 bridgehead atoms. The zero-order valence-corrected chi connectivity index (χ0v) is 14.8. The maximum atomic E-state index is 5.62. The number of fused-ring (bicyclic) bond motifs is 1. The standard InChI is InChI=1S/C14H12BrIN4O/c15-13-3-1-4-14(17-13)21-8-2-7-20-12-9-10(16)5-6-11(12)18-19-20/h1,3-6,9H,2,7-8H2. The van der Waals surface area contributed by atoms with Gasteiger partial charge in [-0.1, -0.05) is 11.3 Å². The Morgan fingerprint density at radius 3 is 3.00 bits per heavy atom. The van der Waals surface area contributed by atoms with Crippen molar-refractivity contribution in [2.24, 2.45) is 0 Å². The molecule has 0 aliphatic heterocycles. The van der Waals surface area contributed by atoms with Crippen LogP contribution < -0.4 is 4.74 Å². The first-order valence-corrected chi connectivity index (χ1v) is 8.34. The molecule has 7 heteroatoms. The van der Waals surface area contributed by atoms with Crippen LogP contribution in [-0.2, 0) is 6.54 Å². The molecular formula is C14H12BrIN4O. The third-order valence-electron chi connectivity index (χ3n) is 2.93. The highest BCUT2D eigenvalue weighted by Crippen LogP contribution is 2.16. The fourth-order valence-corrected chi connectivity index (χ4v) is 2.77. The van der Waals surface area contributed by atoms with E-state index in [1.54, 1.807) is 0 Å². The van der Waals surface area contributed by atoms with Gasteiger partial charge in [-0.15, -0.1) is 5.10 Å². The summed E-state index contributed by atoms with van der Waals surface area (Å²) in [7, 11) is 0. The lowest BCUT2D eigenvalue weighted by Crippen LogP contribution is -2.06.